The summed E-state index contributed by atoms with van der Waals surface area (Å²) < 4.78 is 81.7. The van der Waals surface area contributed by atoms with Crippen LogP contribution in [0.15, 0.2) is 46.2 Å². The van der Waals surface area contributed by atoms with Gasteiger partial charge in [0, 0.05) is 0 Å². The van der Waals surface area contributed by atoms with E-state index in [1.165, 1.54) is 32.2 Å². The first-order valence-corrected chi connectivity index (χ1v) is 12.3. The van der Waals surface area contributed by atoms with E-state index in [1.54, 1.807) is 0 Å². The first kappa shape index (κ1) is 22.6. The van der Waals surface area contributed by atoms with E-state index in [0.717, 1.165) is 26.1 Å². The Morgan fingerprint density at radius 3 is 2.53 bits per heavy atom. The summed E-state index contributed by atoms with van der Waals surface area (Å²) in [7, 11) is -2.66. The number of aromatic nitrogens is 1. The summed E-state index contributed by atoms with van der Waals surface area (Å²) in [6.07, 6.45) is -4.63. The molecule has 170 valence electrons. The second-order valence-electron chi connectivity index (χ2n) is 7.50. The quantitative estimate of drug-likeness (QED) is 0.401. The molecule has 2 heterocycles. The van der Waals surface area contributed by atoms with Crippen LogP contribution in [0.25, 0.3) is 15.3 Å². The van der Waals surface area contributed by atoms with E-state index in [-0.39, 0.29) is 26.9 Å². The number of hydrogen-bond acceptors (Lipinski definition) is 5. The molecule has 2 aromatic carbocycles. The molecular weight excluding hydrogens is 519 g/mol. The molecule has 0 radical (unpaired) electrons. The van der Waals surface area contributed by atoms with E-state index in [0.29, 0.717) is 0 Å². The normalized spacial score (nSPS) is 21.1. The summed E-state index contributed by atoms with van der Waals surface area (Å²) in [5, 5.41) is -0.0685. The van der Waals surface area contributed by atoms with Crippen LogP contribution in [0.1, 0.15) is 18.1 Å². The Kier molecular flexibility index (Phi) is 5.07. The molecule has 4 rings (SSSR count). The van der Waals surface area contributed by atoms with Crippen LogP contribution in [-0.2, 0) is 21.7 Å². The van der Waals surface area contributed by atoms with Crippen molar-refractivity contribution in [2.45, 2.75) is 18.6 Å². The molecule has 1 atom stereocenters. The fourth-order valence-electron chi connectivity index (χ4n) is 3.58. The SMILES string of the molecule is CN1C(N)=N[C@](C)(c2cc(-n3[se]c4c(C(F)(F)F)cccc4c3=O)ccc2F)CS1(=O)=O. The van der Waals surface area contributed by atoms with Gasteiger partial charge in [-0.3, -0.25) is 0 Å². The number of nitrogens with two attached hydrogens (primary N) is 1. The van der Waals surface area contributed by atoms with E-state index in [4.69, 9.17) is 5.73 Å². The summed E-state index contributed by atoms with van der Waals surface area (Å²) >= 11 is -1.06. The second kappa shape index (κ2) is 7.19. The van der Waals surface area contributed by atoms with Crippen molar-refractivity contribution in [3.05, 3.63) is 63.7 Å². The predicted octanol–water partition coefficient (Wildman–Crippen LogP) is 2.01. The minimum absolute atomic E-state index is 0.0685. The molecule has 1 aliphatic heterocycles. The van der Waals surface area contributed by atoms with Gasteiger partial charge in [0.15, 0.2) is 0 Å². The monoisotopic (exact) mass is 536 g/mol. The Labute approximate surface area is 185 Å². The van der Waals surface area contributed by atoms with Gasteiger partial charge in [-0.2, -0.15) is 0 Å². The molecule has 0 spiro atoms. The number of fused-ring (bicyclic) bond motifs is 1. The van der Waals surface area contributed by atoms with E-state index in [9.17, 15) is 30.8 Å². The van der Waals surface area contributed by atoms with Gasteiger partial charge in [0.2, 0.25) is 0 Å². The zero-order valence-corrected chi connectivity index (χ0v) is 19.2. The van der Waals surface area contributed by atoms with E-state index in [1.807, 2.05) is 0 Å². The molecule has 2 N–H and O–H groups in total. The molecule has 1 aliphatic rings. The van der Waals surface area contributed by atoms with Crippen molar-refractivity contribution in [2.24, 2.45) is 10.7 Å². The van der Waals surface area contributed by atoms with Gasteiger partial charge in [-0.1, -0.05) is 0 Å². The number of halogens is 4. The fraction of sp³-hybridized carbons (Fsp3) is 0.263. The van der Waals surface area contributed by atoms with Crippen molar-refractivity contribution in [1.82, 2.24) is 7.87 Å². The van der Waals surface area contributed by atoms with E-state index in [2.05, 4.69) is 4.99 Å². The first-order valence-electron chi connectivity index (χ1n) is 9.09. The third-order valence-electron chi connectivity index (χ3n) is 5.25. The average molecular weight is 535 g/mol. The molecule has 0 saturated carbocycles. The summed E-state index contributed by atoms with van der Waals surface area (Å²) in [6, 6.07) is 6.92. The predicted molar refractivity (Wildman–Crippen MR) is 112 cm³/mol. The molecule has 0 bridgehead atoms. The summed E-state index contributed by atoms with van der Waals surface area (Å²) in [5.74, 6) is -1.68. The van der Waals surface area contributed by atoms with Gasteiger partial charge < -0.3 is 0 Å². The Bertz CT molecular complexity index is 1450. The molecule has 32 heavy (non-hydrogen) atoms. The van der Waals surface area contributed by atoms with Crippen LogP contribution >= 0.6 is 0 Å². The van der Waals surface area contributed by atoms with Gasteiger partial charge in [0.05, 0.1) is 0 Å². The zero-order chi connectivity index (χ0) is 23.6. The number of benzene rings is 2. The summed E-state index contributed by atoms with van der Waals surface area (Å²) in [5.41, 5.74) is 2.60. The standard InChI is InChI=1S/C19H16F4N4O3SSe/c1-18(9-31(29,30)26(2)17(24)25-18)13-8-10(6-7-14(13)20)27-16(28)11-4-3-5-12(15(11)32-27)19(21,22)23/h3-8H,9H2,1-2H3,(H2,24,25)/t18-/m0/s1. The van der Waals surface area contributed by atoms with Crippen LogP contribution in [0.3, 0.4) is 0 Å². The van der Waals surface area contributed by atoms with Gasteiger partial charge in [0.1, 0.15) is 0 Å². The Morgan fingerprint density at radius 1 is 1.22 bits per heavy atom. The average Bonchev–Trinajstić information content (AvgIpc) is 3.02. The Morgan fingerprint density at radius 2 is 1.91 bits per heavy atom. The van der Waals surface area contributed by atoms with Crippen LogP contribution in [0.5, 0.6) is 0 Å². The molecule has 13 heteroatoms. The molecule has 0 aliphatic carbocycles. The number of hydrogen-bond donors (Lipinski definition) is 1. The number of alkyl halides is 3. The Hall–Kier alpha value is -2.63. The summed E-state index contributed by atoms with van der Waals surface area (Å²) in [4.78, 5) is 17.0. The number of guanidine groups is 1. The third-order valence-corrected chi connectivity index (χ3v) is 9.67. The summed E-state index contributed by atoms with van der Waals surface area (Å²) in [6.45, 7) is 1.39. The van der Waals surface area contributed by atoms with E-state index < -0.39 is 59.2 Å². The molecule has 0 unspecified atom stereocenters. The van der Waals surface area contributed by atoms with Crippen LogP contribution in [-0.4, -0.2) is 49.8 Å². The van der Waals surface area contributed by atoms with Gasteiger partial charge in [-0.15, -0.1) is 0 Å². The number of nitrogens with zero attached hydrogens (tertiary/aromatic N) is 3. The molecule has 0 fully saturated rings. The maximum atomic E-state index is 14.8. The van der Waals surface area contributed by atoms with Crippen molar-refractivity contribution in [2.75, 3.05) is 12.8 Å². The maximum absolute atomic E-state index is 14.8. The van der Waals surface area contributed by atoms with Crippen molar-refractivity contribution in [1.29, 1.82) is 0 Å². The van der Waals surface area contributed by atoms with Crippen LogP contribution in [0.2, 0.25) is 0 Å². The van der Waals surface area contributed by atoms with Crippen molar-refractivity contribution < 1.29 is 26.0 Å². The van der Waals surface area contributed by atoms with Gasteiger partial charge >= 0.3 is 186 Å². The fourth-order valence-corrected chi connectivity index (χ4v) is 7.38. The molecule has 1 aromatic heterocycles. The zero-order valence-electron chi connectivity index (χ0n) is 16.6. The topological polar surface area (TPSA) is 97.8 Å². The molecule has 0 saturated heterocycles. The molecule has 3 aromatic rings. The van der Waals surface area contributed by atoms with Crippen molar-refractivity contribution >= 4 is 40.4 Å². The molecule has 7 nitrogen and oxygen atoms in total. The van der Waals surface area contributed by atoms with Crippen molar-refractivity contribution in [3.63, 3.8) is 0 Å². The number of aliphatic imine (C=N–C) groups is 1. The number of sulfonamides is 1. The van der Waals surface area contributed by atoms with E-state index >= 15 is 0 Å². The number of rotatable bonds is 2. The second-order valence-corrected chi connectivity index (χ2v) is 11.5. The van der Waals surface area contributed by atoms with Crippen molar-refractivity contribution in [3.8, 4) is 5.69 Å². The minimum atomic E-state index is -4.63. The van der Waals surface area contributed by atoms with Gasteiger partial charge in [-0.25, -0.2) is 0 Å². The van der Waals surface area contributed by atoms with Crippen LogP contribution < -0.4 is 11.3 Å². The Balaban J connectivity index is 1.93. The van der Waals surface area contributed by atoms with Gasteiger partial charge in [0.25, 0.3) is 0 Å². The first-order chi connectivity index (χ1) is 14.7. The van der Waals surface area contributed by atoms with Gasteiger partial charge in [-0.05, 0) is 0 Å². The molecular formula is C19H16F4N4O3SSe. The molecule has 0 amide bonds. The third kappa shape index (κ3) is 3.54. The van der Waals surface area contributed by atoms with Crippen LogP contribution in [0.4, 0.5) is 17.6 Å². The van der Waals surface area contributed by atoms with Crippen LogP contribution in [0, 0.1) is 5.82 Å².